The zero-order valence-corrected chi connectivity index (χ0v) is 21.2. The van der Waals surface area contributed by atoms with Crippen molar-refractivity contribution in [2.75, 3.05) is 17.1 Å². The molecule has 5 aromatic rings. The number of H-pyrrole nitrogens is 2. The highest BCUT2D eigenvalue weighted by molar-refractivity contribution is 7.92. The Labute approximate surface area is 216 Å². The molecule has 0 bridgehead atoms. The highest BCUT2D eigenvalue weighted by Gasteiger charge is 2.32. The molecule has 3 aromatic heterocycles. The molecule has 6 rings (SSSR count). The lowest BCUT2D eigenvalue weighted by molar-refractivity contribution is 0.381. The zero-order valence-electron chi connectivity index (χ0n) is 20.4. The lowest BCUT2D eigenvalue weighted by Crippen LogP contribution is -2.32. The van der Waals surface area contributed by atoms with E-state index in [2.05, 4.69) is 24.6 Å². The number of aromatic amines is 2. The van der Waals surface area contributed by atoms with Crippen molar-refractivity contribution < 1.29 is 21.7 Å². The number of rotatable bonds is 9. The van der Waals surface area contributed by atoms with E-state index in [-0.39, 0.29) is 18.3 Å². The first-order valence-electron chi connectivity index (χ1n) is 12.2. The number of benzene rings is 2. The van der Waals surface area contributed by atoms with E-state index in [0.29, 0.717) is 47.1 Å². The number of nitrogens with zero attached hydrogens (tertiary/aromatic N) is 3. The van der Waals surface area contributed by atoms with E-state index < -0.39 is 15.8 Å². The number of fused-ring (bicyclic) bond motifs is 1. The van der Waals surface area contributed by atoms with Gasteiger partial charge in [0.25, 0.3) is 0 Å². The zero-order chi connectivity index (χ0) is 26.4. The number of furan rings is 1. The van der Waals surface area contributed by atoms with Gasteiger partial charge in [0, 0.05) is 42.4 Å². The van der Waals surface area contributed by atoms with Gasteiger partial charge in [0.2, 0.25) is 10.0 Å². The third kappa shape index (κ3) is 4.62. The van der Waals surface area contributed by atoms with Crippen LogP contribution in [-0.2, 0) is 16.4 Å². The molecule has 0 aliphatic heterocycles. The van der Waals surface area contributed by atoms with E-state index in [0.717, 1.165) is 29.4 Å². The van der Waals surface area contributed by atoms with Crippen LogP contribution in [0.5, 0.6) is 0 Å². The van der Waals surface area contributed by atoms with Crippen LogP contribution in [0, 0.1) is 5.82 Å². The summed E-state index contributed by atoms with van der Waals surface area (Å²) in [4.78, 5) is 21.3. The van der Waals surface area contributed by atoms with Crippen molar-refractivity contribution in [3.63, 3.8) is 0 Å². The minimum Gasteiger partial charge on any atom is -0.455 e. The Bertz CT molecular complexity index is 1770. The van der Waals surface area contributed by atoms with Crippen LogP contribution in [0.25, 0.3) is 33.7 Å². The molecule has 0 radical (unpaired) electrons. The number of imidazole rings is 1. The summed E-state index contributed by atoms with van der Waals surface area (Å²) in [6.45, 7) is 0.176. The van der Waals surface area contributed by atoms with Crippen molar-refractivity contribution in [3.8, 4) is 22.7 Å². The number of nitrogens with one attached hydrogen (secondary N) is 2. The molecule has 0 amide bonds. The van der Waals surface area contributed by atoms with Crippen molar-refractivity contribution in [2.24, 2.45) is 0 Å². The summed E-state index contributed by atoms with van der Waals surface area (Å²) in [5.41, 5.74) is 3.36. The van der Waals surface area contributed by atoms with Crippen LogP contribution in [0.1, 0.15) is 36.6 Å². The molecule has 2 N–H and O–H groups in total. The summed E-state index contributed by atoms with van der Waals surface area (Å²) in [5, 5.41) is 4.45. The maximum Gasteiger partial charge on any atom is 0.438 e. The molecule has 0 saturated heterocycles. The number of aromatic nitrogens is 4. The average molecular weight is 538 g/mol. The first-order chi connectivity index (χ1) is 18.3. The van der Waals surface area contributed by atoms with Crippen molar-refractivity contribution in [1.29, 1.82) is 0 Å². The highest BCUT2D eigenvalue weighted by atomic mass is 32.2. The van der Waals surface area contributed by atoms with Crippen LogP contribution in [0.4, 0.5) is 10.1 Å². The van der Waals surface area contributed by atoms with Gasteiger partial charge in [-0.1, -0.05) is 5.16 Å². The number of sulfonamides is 1. The van der Waals surface area contributed by atoms with Crippen molar-refractivity contribution >= 4 is 26.7 Å². The van der Waals surface area contributed by atoms with Gasteiger partial charge < -0.3 is 9.40 Å². The third-order valence-corrected chi connectivity index (χ3v) is 7.80. The van der Waals surface area contributed by atoms with Crippen molar-refractivity contribution in [1.82, 2.24) is 20.1 Å². The van der Waals surface area contributed by atoms with Gasteiger partial charge in [-0.2, -0.15) is 0 Å². The standard InChI is InChI=1S/C26H24FN5O5S/c1-38(34,35)32(12-2-3-22-30-26(33)37-31-22)20-14-21-19(13-18(20)15-4-5-15)23(25-28-10-11-29-25)24(36-21)16-6-8-17(27)9-7-16/h6-11,13-15H,2-5,12H2,1H3,(H,28,29)(H,30,31,33). The van der Waals surface area contributed by atoms with E-state index in [1.54, 1.807) is 30.6 Å². The molecule has 196 valence electrons. The number of hydrogen-bond donors (Lipinski definition) is 2. The number of anilines is 1. The average Bonchev–Trinajstić information content (AvgIpc) is 3.23. The first-order valence-corrected chi connectivity index (χ1v) is 14.0. The predicted octanol–water partition coefficient (Wildman–Crippen LogP) is 4.58. The van der Waals surface area contributed by atoms with Gasteiger partial charge in [-0.3, -0.25) is 13.8 Å². The predicted molar refractivity (Wildman–Crippen MR) is 139 cm³/mol. The summed E-state index contributed by atoms with van der Waals surface area (Å²) in [6, 6.07) is 9.76. The Hall–Kier alpha value is -4.19. The highest BCUT2D eigenvalue weighted by Crippen LogP contribution is 2.49. The van der Waals surface area contributed by atoms with Crippen LogP contribution in [0.3, 0.4) is 0 Å². The third-order valence-electron chi connectivity index (χ3n) is 6.62. The Morgan fingerprint density at radius 3 is 2.61 bits per heavy atom. The second-order valence-electron chi connectivity index (χ2n) is 9.41. The van der Waals surface area contributed by atoms with E-state index in [1.807, 2.05) is 6.07 Å². The minimum atomic E-state index is -3.65. The van der Waals surface area contributed by atoms with Gasteiger partial charge >= 0.3 is 5.76 Å². The molecule has 2 aromatic carbocycles. The molecule has 0 unspecified atom stereocenters. The van der Waals surface area contributed by atoms with Gasteiger partial charge in [0.1, 0.15) is 23.0 Å². The van der Waals surface area contributed by atoms with E-state index in [9.17, 15) is 17.6 Å². The van der Waals surface area contributed by atoms with Gasteiger partial charge in [-0.25, -0.2) is 22.6 Å². The fourth-order valence-electron chi connectivity index (χ4n) is 4.75. The summed E-state index contributed by atoms with van der Waals surface area (Å²) in [6.07, 6.45) is 7.19. The van der Waals surface area contributed by atoms with E-state index >= 15 is 0 Å². The van der Waals surface area contributed by atoms with Crippen LogP contribution in [0.15, 0.2) is 62.5 Å². The molecule has 0 spiro atoms. The molecular formula is C26H24FN5O5S. The van der Waals surface area contributed by atoms with Crippen LogP contribution < -0.4 is 10.1 Å². The van der Waals surface area contributed by atoms with Crippen LogP contribution in [0.2, 0.25) is 0 Å². The van der Waals surface area contributed by atoms with Gasteiger partial charge in [0.05, 0.1) is 17.5 Å². The SMILES string of the molecule is CS(=O)(=O)N(CCCc1noc(=O)[nH]1)c1cc2oc(-c3ccc(F)cc3)c(-c3ncc[nH]3)c2cc1C1CC1. The lowest BCUT2D eigenvalue weighted by Gasteiger charge is -2.25. The smallest absolute Gasteiger partial charge is 0.438 e. The molecular weight excluding hydrogens is 513 g/mol. The summed E-state index contributed by atoms with van der Waals surface area (Å²) in [5.74, 6) is 0.678. The van der Waals surface area contributed by atoms with Crippen LogP contribution in [-0.4, -0.2) is 41.3 Å². The summed E-state index contributed by atoms with van der Waals surface area (Å²) >= 11 is 0. The second-order valence-corrected chi connectivity index (χ2v) is 11.3. The van der Waals surface area contributed by atoms with Crippen molar-refractivity contribution in [2.45, 2.75) is 31.6 Å². The second kappa shape index (κ2) is 9.28. The number of halogens is 1. The molecule has 1 saturated carbocycles. The topological polar surface area (TPSA) is 138 Å². The lowest BCUT2D eigenvalue weighted by atomic mass is 10.0. The molecule has 38 heavy (non-hydrogen) atoms. The van der Waals surface area contributed by atoms with E-state index in [1.165, 1.54) is 22.7 Å². The maximum atomic E-state index is 13.7. The van der Waals surface area contributed by atoms with Gasteiger partial charge in [0.15, 0.2) is 5.82 Å². The molecule has 3 heterocycles. The van der Waals surface area contributed by atoms with Crippen molar-refractivity contribution in [3.05, 3.63) is 76.5 Å². The molecule has 1 aliphatic carbocycles. The molecule has 10 nitrogen and oxygen atoms in total. The molecule has 1 aliphatic rings. The fraction of sp³-hybridized carbons (Fsp3) is 0.269. The maximum absolute atomic E-state index is 13.7. The van der Waals surface area contributed by atoms with Crippen LogP contribution >= 0.6 is 0 Å². The first kappa shape index (κ1) is 24.2. The minimum absolute atomic E-state index is 0.176. The Kier molecular flexibility index (Phi) is 5.90. The number of hydrogen-bond acceptors (Lipinski definition) is 7. The Balaban J connectivity index is 1.47. The Morgan fingerprint density at radius 1 is 1.18 bits per heavy atom. The fourth-order valence-corrected chi connectivity index (χ4v) is 5.73. The molecule has 12 heteroatoms. The molecule has 0 atom stereocenters. The monoisotopic (exact) mass is 537 g/mol. The molecule has 1 fully saturated rings. The largest absolute Gasteiger partial charge is 0.455 e. The summed E-state index contributed by atoms with van der Waals surface area (Å²) < 4.78 is 51.8. The quantitative estimate of drug-likeness (QED) is 0.281. The van der Waals surface area contributed by atoms with E-state index in [4.69, 9.17) is 4.42 Å². The Morgan fingerprint density at radius 2 is 1.97 bits per heavy atom. The van der Waals surface area contributed by atoms with Gasteiger partial charge in [-0.15, -0.1) is 0 Å². The number of aryl methyl sites for hydroxylation is 1. The normalized spacial score (nSPS) is 13.8. The van der Waals surface area contributed by atoms with Gasteiger partial charge in [-0.05, 0) is 61.1 Å². The summed E-state index contributed by atoms with van der Waals surface area (Å²) in [7, 11) is -3.65.